The number of aromatic nitrogens is 2. The van der Waals surface area contributed by atoms with Crippen LogP contribution < -0.4 is 5.32 Å². The van der Waals surface area contributed by atoms with Crippen molar-refractivity contribution in [3.8, 4) is 0 Å². The number of benzene rings is 2. The molecule has 0 fully saturated rings. The summed E-state index contributed by atoms with van der Waals surface area (Å²) < 4.78 is 44.9. The van der Waals surface area contributed by atoms with Gasteiger partial charge in [-0.1, -0.05) is 23.7 Å². The number of carbonyl (C=O) groups excluding carboxylic acids is 2. The van der Waals surface area contributed by atoms with Crippen LogP contribution in [0.4, 0.5) is 18.9 Å². The van der Waals surface area contributed by atoms with Crippen LogP contribution in [0.15, 0.2) is 48.8 Å². The largest absolute Gasteiger partial charge is 0.454 e. The van der Waals surface area contributed by atoms with Gasteiger partial charge in [-0.2, -0.15) is 13.2 Å². The third-order valence-electron chi connectivity index (χ3n) is 3.75. The number of esters is 1. The predicted octanol–water partition coefficient (Wildman–Crippen LogP) is 3.89. The standard InChI is InChI=1S/C18H13ClF3N3O3/c19-13-6-5-11(7-12(13)18(20,21)22)24-16(26)9-28-17(27)8-25-10-23-14-3-1-2-4-15(14)25/h1-7,10H,8-9H2,(H,24,26). The fourth-order valence-corrected chi connectivity index (χ4v) is 2.71. The molecule has 0 saturated carbocycles. The predicted molar refractivity (Wildman–Crippen MR) is 95.8 cm³/mol. The summed E-state index contributed by atoms with van der Waals surface area (Å²) in [5.41, 5.74) is 0.246. The molecule has 0 atom stereocenters. The monoisotopic (exact) mass is 411 g/mol. The van der Waals surface area contributed by atoms with Crippen molar-refractivity contribution in [2.24, 2.45) is 0 Å². The Morgan fingerprint density at radius 2 is 1.93 bits per heavy atom. The number of amides is 1. The summed E-state index contributed by atoms with van der Waals surface area (Å²) in [6, 6.07) is 10.1. The summed E-state index contributed by atoms with van der Waals surface area (Å²) in [5, 5.41) is 1.75. The second-order valence-corrected chi connectivity index (χ2v) is 6.17. The van der Waals surface area contributed by atoms with Gasteiger partial charge in [-0.3, -0.25) is 9.59 Å². The fourth-order valence-electron chi connectivity index (χ4n) is 2.48. The molecule has 1 amide bonds. The summed E-state index contributed by atoms with van der Waals surface area (Å²) in [7, 11) is 0. The van der Waals surface area contributed by atoms with Crippen LogP contribution in [0.2, 0.25) is 5.02 Å². The highest BCUT2D eigenvalue weighted by Crippen LogP contribution is 2.36. The minimum Gasteiger partial charge on any atom is -0.454 e. The zero-order chi connectivity index (χ0) is 20.3. The first kappa shape index (κ1) is 19.7. The molecule has 0 saturated heterocycles. The number of nitrogens with zero attached hydrogens (tertiary/aromatic N) is 2. The number of ether oxygens (including phenoxy) is 1. The van der Waals surface area contributed by atoms with Gasteiger partial charge in [0.15, 0.2) is 6.61 Å². The number of fused-ring (bicyclic) bond motifs is 1. The minimum atomic E-state index is -4.65. The molecule has 0 spiro atoms. The average molecular weight is 412 g/mol. The van der Waals surface area contributed by atoms with E-state index in [9.17, 15) is 22.8 Å². The molecule has 1 aromatic heterocycles. The lowest BCUT2D eigenvalue weighted by Gasteiger charge is -2.12. The van der Waals surface area contributed by atoms with Gasteiger partial charge in [0.1, 0.15) is 6.54 Å². The number of alkyl halides is 3. The summed E-state index contributed by atoms with van der Waals surface area (Å²) in [6.07, 6.45) is -3.18. The summed E-state index contributed by atoms with van der Waals surface area (Å²) in [6.45, 7) is -0.803. The Bertz CT molecular complexity index is 1030. The van der Waals surface area contributed by atoms with Gasteiger partial charge in [0.2, 0.25) is 0 Å². The third kappa shape index (κ3) is 4.61. The number of hydrogen-bond donors (Lipinski definition) is 1. The Kier molecular flexibility index (Phi) is 5.55. The smallest absolute Gasteiger partial charge is 0.417 e. The molecule has 2 aromatic carbocycles. The molecule has 3 aromatic rings. The summed E-state index contributed by atoms with van der Waals surface area (Å²) >= 11 is 5.52. The van der Waals surface area contributed by atoms with Crippen LogP contribution in [0.1, 0.15) is 5.56 Å². The number of rotatable bonds is 5. The first-order chi connectivity index (χ1) is 13.2. The zero-order valence-electron chi connectivity index (χ0n) is 14.2. The molecular formula is C18H13ClF3N3O3. The van der Waals surface area contributed by atoms with Crippen LogP contribution in [-0.4, -0.2) is 28.0 Å². The Labute approximate surface area is 161 Å². The number of halogens is 4. The first-order valence-corrected chi connectivity index (χ1v) is 8.34. The lowest BCUT2D eigenvalue weighted by Crippen LogP contribution is -2.23. The normalized spacial score (nSPS) is 11.4. The lowest BCUT2D eigenvalue weighted by atomic mass is 10.2. The highest BCUT2D eigenvalue weighted by molar-refractivity contribution is 6.31. The molecule has 0 aliphatic heterocycles. The highest BCUT2D eigenvalue weighted by atomic mass is 35.5. The van der Waals surface area contributed by atoms with E-state index >= 15 is 0 Å². The van der Waals surface area contributed by atoms with Crippen LogP contribution in [0.5, 0.6) is 0 Å². The second kappa shape index (κ2) is 7.89. The van der Waals surface area contributed by atoms with E-state index in [0.717, 1.165) is 11.6 Å². The molecule has 1 heterocycles. The average Bonchev–Trinajstić information content (AvgIpc) is 3.04. The maximum absolute atomic E-state index is 12.8. The van der Waals surface area contributed by atoms with Crippen LogP contribution in [0.3, 0.4) is 0 Å². The maximum atomic E-state index is 12.8. The second-order valence-electron chi connectivity index (χ2n) is 5.76. The quantitative estimate of drug-likeness (QED) is 0.646. The molecule has 28 heavy (non-hydrogen) atoms. The molecule has 3 rings (SSSR count). The molecule has 0 aliphatic carbocycles. The highest BCUT2D eigenvalue weighted by Gasteiger charge is 2.33. The summed E-state index contributed by atoms with van der Waals surface area (Å²) in [4.78, 5) is 27.9. The van der Waals surface area contributed by atoms with E-state index in [1.165, 1.54) is 12.4 Å². The van der Waals surface area contributed by atoms with Gasteiger partial charge < -0.3 is 14.6 Å². The van der Waals surface area contributed by atoms with Gasteiger partial charge in [0.25, 0.3) is 5.91 Å². The van der Waals surface area contributed by atoms with Crippen molar-refractivity contribution < 1.29 is 27.5 Å². The van der Waals surface area contributed by atoms with Gasteiger partial charge in [-0.25, -0.2) is 4.98 Å². The van der Waals surface area contributed by atoms with Crippen LogP contribution in [0.25, 0.3) is 11.0 Å². The van der Waals surface area contributed by atoms with Gasteiger partial charge >= 0.3 is 12.1 Å². The number of para-hydroxylation sites is 2. The SMILES string of the molecule is O=C(COC(=O)Cn1cnc2ccccc21)Nc1ccc(Cl)c(C(F)(F)F)c1. The molecule has 0 bridgehead atoms. The number of carbonyl (C=O) groups is 2. The van der Waals surface area contributed by atoms with Crippen LogP contribution in [-0.2, 0) is 27.0 Å². The Hall–Kier alpha value is -3.07. The number of anilines is 1. The molecule has 0 aliphatic rings. The number of nitrogens with one attached hydrogen (secondary N) is 1. The van der Waals surface area contributed by atoms with E-state index in [1.54, 1.807) is 22.8 Å². The summed E-state index contributed by atoms with van der Waals surface area (Å²) in [5.74, 6) is -1.47. The van der Waals surface area contributed by atoms with Gasteiger partial charge in [0, 0.05) is 5.69 Å². The molecule has 0 unspecified atom stereocenters. The van der Waals surface area contributed by atoms with E-state index in [2.05, 4.69) is 10.3 Å². The van der Waals surface area contributed by atoms with E-state index in [-0.39, 0.29) is 12.2 Å². The molecule has 0 radical (unpaired) electrons. The lowest BCUT2D eigenvalue weighted by molar-refractivity contribution is -0.147. The van der Waals surface area contributed by atoms with Crippen LogP contribution >= 0.6 is 11.6 Å². The molecule has 1 N–H and O–H groups in total. The Morgan fingerprint density at radius 1 is 1.18 bits per heavy atom. The van der Waals surface area contributed by atoms with Gasteiger partial charge in [-0.15, -0.1) is 0 Å². The van der Waals surface area contributed by atoms with Crippen molar-refractivity contribution in [2.75, 3.05) is 11.9 Å². The van der Waals surface area contributed by atoms with Crippen molar-refractivity contribution >= 4 is 40.2 Å². The van der Waals surface area contributed by atoms with Crippen molar-refractivity contribution in [1.29, 1.82) is 0 Å². The van der Waals surface area contributed by atoms with Crippen molar-refractivity contribution in [2.45, 2.75) is 12.7 Å². The van der Waals surface area contributed by atoms with Crippen molar-refractivity contribution in [1.82, 2.24) is 9.55 Å². The molecule has 6 nitrogen and oxygen atoms in total. The minimum absolute atomic E-state index is 0.113. The van der Waals surface area contributed by atoms with Crippen molar-refractivity contribution in [3.05, 3.63) is 59.4 Å². The van der Waals surface area contributed by atoms with E-state index < -0.39 is 35.2 Å². The topological polar surface area (TPSA) is 73.2 Å². The van der Waals surface area contributed by atoms with E-state index in [1.807, 2.05) is 6.07 Å². The molecule has 146 valence electrons. The fraction of sp³-hybridized carbons (Fsp3) is 0.167. The first-order valence-electron chi connectivity index (χ1n) is 7.96. The Balaban J connectivity index is 1.56. The number of hydrogen-bond acceptors (Lipinski definition) is 4. The number of imidazole rings is 1. The van der Waals surface area contributed by atoms with E-state index in [0.29, 0.717) is 11.6 Å². The van der Waals surface area contributed by atoms with Crippen molar-refractivity contribution in [3.63, 3.8) is 0 Å². The zero-order valence-corrected chi connectivity index (χ0v) is 14.9. The molecular weight excluding hydrogens is 399 g/mol. The Morgan fingerprint density at radius 3 is 2.68 bits per heavy atom. The van der Waals surface area contributed by atoms with Crippen LogP contribution in [0, 0.1) is 0 Å². The third-order valence-corrected chi connectivity index (χ3v) is 4.08. The van der Waals surface area contributed by atoms with Gasteiger partial charge in [0.05, 0.1) is 27.9 Å². The molecule has 10 heteroatoms. The van der Waals surface area contributed by atoms with Gasteiger partial charge in [-0.05, 0) is 30.3 Å². The maximum Gasteiger partial charge on any atom is 0.417 e. The van der Waals surface area contributed by atoms with E-state index in [4.69, 9.17) is 16.3 Å².